The summed E-state index contributed by atoms with van der Waals surface area (Å²) in [5.41, 5.74) is 4.46. The van der Waals surface area contributed by atoms with Crippen LogP contribution in [0.3, 0.4) is 0 Å². The zero-order valence-electron chi connectivity index (χ0n) is 12.9. The van der Waals surface area contributed by atoms with Crippen molar-refractivity contribution < 1.29 is 4.39 Å². The van der Waals surface area contributed by atoms with Gasteiger partial charge in [0, 0.05) is 28.7 Å². The van der Waals surface area contributed by atoms with Crippen LogP contribution < -0.4 is 5.32 Å². The van der Waals surface area contributed by atoms with Gasteiger partial charge in [-0.2, -0.15) is 0 Å². The van der Waals surface area contributed by atoms with Gasteiger partial charge >= 0.3 is 0 Å². The van der Waals surface area contributed by atoms with Crippen LogP contribution in [0.1, 0.15) is 30.5 Å². The Morgan fingerprint density at radius 1 is 1.05 bits per heavy atom. The molecule has 1 N–H and O–H groups in total. The molecule has 0 saturated carbocycles. The first kappa shape index (κ1) is 16.0. The van der Waals surface area contributed by atoms with Crippen LogP contribution >= 0.6 is 11.6 Å². The second-order valence-corrected chi connectivity index (χ2v) is 6.17. The molecule has 3 heteroatoms. The van der Waals surface area contributed by atoms with Gasteiger partial charge in [-0.25, -0.2) is 4.39 Å². The molecule has 0 radical (unpaired) electrons. The standard InChI is InChI=1S/C18H21ClFN/c1-11(2)21-10-14-5-6-15(18(20)9-14)16-7-12(3)13(4)8-17(16)19/h5-9,11,21H,10H2,1-4H3. The van der Waals surface area contributed by atoms with Gasteiger partial charge in [0.15, 0.2) is 0 Å². The highest BCUT2D eigenvalue weighted by Gasteiger charge is 2.11. The summed E-state index contributed by atoms with van der Waals surface area (Å²) in [6, 6.07) is 9.54. The normalized spacial score (nSPS) is 11.2. The van der Waals surface area contributed by atoms with Gasteiger partial charge in [0.1, 0.15) is 5.82 Å². The Morgan fingerprint density at radius 2 is 1.71 bits per heavy atom. The number of halogens is 2. The molecule has 0 atom stereocenters. The maximum absolute atomic E-state index is 14.4. The second kappa shape index (κ2) is 6.59. The minimum atomic E-state index is -0.233. The van der Waals surface area contributed by atoms with Crippen molar-refractivity contribution in [2.24, 2.45) is 0 Å². The van der Waals surface area contributed by atoms with Crippen LogP contribution in [0.5, 0.6) is 0 Å². The summed E-state index contributed by atoms with van der Waals surface area (Å²) in [7, 11) is 0. The first-order valence-corrected chi connectivity index (χ1v) is 7.55. The number of aryl methyl sites for hydroxylation is 2. The Balaban J connectivity index is 2.35. The van der Waals surface area contributed by atoms with E-state index in [0.29, 0.717) is 23.2 Å². The molecule has 2 aromatic carbocycles. The third kappa shape index (κ3) is 3.84. The fourth-order valence-corrected chi connectivity index (χ4v) is 2.52. The number of hydrogen-bond donors (Lipinski definition) is 1. The largest absolute Gasteiger partial charge is 0.310 e. The average molecular weight is 306 g/mol. The predicted molar refractivity (Wildman–Crippen MR) is 88.3 cm³/mol. The molecule has 0 aliphatic carbocycles. The van der Waals surface area contributed by atoms with Gasteiger partial charge in [0.05, 0.1) is 0 Å². The molecule has 21 heavy (non-hydrogen) atoms. The highest BCUT2D eigenvalue weighted by molar-refractivity contribution is 6.33. The van der Waals surface area contributed by atoms with Crippen LogP contribution in [0.2, 0.25) is 5.02 Å². The molecule has 2 rings (SSSR count). The van der Waals surface area contributed by atoms with Gasteiger partial charge in [-0.3, -0.25) is 0 Å². The zero-order chi connectivity index (χ0) is 15.6. The van der Waals surface area contributed by atoms with Gasteiger partial charge in [-0.15, -0.1) is 0 Å². The van der Waals surface area contributed by atoms with Crippen molar-refractivity contribution >= 4 is 11.6 Å². The van der Waals surface area contributed by atoms with Crippen LogP contribution in [-0.4, -0.2) is 6.04 Å². The van der Waals surface area contributed by atoms with Crippen LogP contribution in [0.15, 0.2) is 30.3 Å². The smallest absolute Gasteiger partial charge is 0.131 e. The van der Waals surface area contributed by atoms with Crippen molar-refractivity contribution in [1.29, 1.82) is 0 Å². The lowest BCUT2D eigenvalue weighted by molar-refractivity contribution is 0.582. The van der Waals surface area contributed by atoms with E-state index >= 15 is 0 Å². The summed E-state index contributed by atoms with van der Waals surface area (Å²) in [6.45, 7) is 8.81. The maximum Gasteiger partial charge on any atom is 0.131 e. The molecule has 0 amide bonds. The van der Waals surface area contributed by atoms with Gasteiger partial charge in [0.25, 0.3) is 0 Å². The first-order chi connectivity index (χ1) is 9.88. The molecule has 0 fully saturated rings. The lowest BCUT2D eigenvalue weighted by Crippen LogP contribution is -2.21. The third-order valence-corrected chi connectivity index (χ3v) is 3.93. The van der Waals surface area contributed by atoms with E-state index in [-0.39, 0.29) is 5.82 Å². The molecule has 112 valence electrons. The number of benzene rings is 2. The van der Waals surface area contributed by atoms with Gasteiger partial charge in [-0.1, -0.05) is 37.6 Å². The van der Waals surface area contributed by atoms with Crippen LogP contribution in [0.25, 0.3) is 11.1 Å². The molecule has 0 saturated heterocycles. The molecule has 0 aliphatic heterocycles. The molecule has 0 unspecified atom stereocenters. The van der Waals surface area contributed by atoms with Crippen LogP contribution in [0.4, 0.5) is 4.39 Å². The Hall–Kier alpha value is -1.38. The summed E-state index contributed by atoms with van der Waals surface area (Å²) in [4.78, 5) is 0. The number of rotatable bonds is 4. The number of hydrogen-bond acceptors (Lipinski definition) is 1. The Morgan fingerprint density at radius 3 is 2.33 bits per heavy atom. The highest BCUT2D eigenvalue weighted by Crippen LogP contribution is 2.32. The molecule has 1 nitrogen and oxygen atoms in total. The third-order valence-electron chi connectivity index (χ3n) is 3.62. The lowest BCUT2D eigenvalue weighted by Gasteiger charge is -2.12. The van der Waals surface area contributed by atoms with Crippen molar-refractivity contribution in [3.63, 3.8) is 0 Å². The van der Waals surface area contributed by atoms with Crippen molar-refractivity contribution in [3.05, 3.63) is 57.9 Å². The Bertz CT molecular complexity index is 650. The monoisotopic (exact) mass is 305 g/mol. The predicted octanol–water partition coefficient (Wildman–Crippen LogP) is 5.26. The van der Waals surface area contributed by atoms with Crippen molar-refractivity contribution in [3.8, 4) is 11.1 Å². The maximum atomic E-state index is 14.4. The van der Waals surface area contributed by atoms with Crippen molar-refractivity contribution in [2.45, 2.75) is 40.3 Å². The van der Waals surface area contributed by atoms with E-state index in [9.17, 15) is 4.39 Å². The summed E-state index contributed by atoms with van der Waals surface area (Å²) >= 11 is 6.27. The Labute approximate surface area is 131 Å². The van der Waals surface area contributed by atoms with E-state index in [1.807, 2.05) is 38.1 Å². The lowest BCUT2D eigenvalue weighted by atomic mass is 9.99. The van der Waals surface area contributed by atoms with E-state index in [4.69, 9.17) is 11.6 Å². The summed E-state index contributed by atoms with van der Waals surface area (Å²) in [5.74, 6) is -0.233. The topological polar surface area (TPSA) is 12.0 Å². The SMILES string of the molecule is Cc1cc(Cl)c(-c2ccc(CNC(C)C)cc2F)cc1C. The second-order valence-electron chi connectivity index (χ2n) is 5.77. The van der Waals surface area contributed by atoms with Gasteiger partial charge in [0.2, 0.25) is 0 Å². The molecule has 0 bridgehead atoms. The summed E-state index contributed by atoms with van der Waals surface area (Å²) < 4.78 is 14.4. The van der Waals surface area contributed by atoms with Crippen LogP contribution in [-0.2, 0) is 6.54 Å². The molecule has 0 spiro atoms. The van der Waals surface area contributed by atoms with Gasteiger partial charge < -0.3 is 5.32 Å². The van der Waals surface area contributed by atoms with Crippen LogP contribution in [0, 0.1) is 19.7 Å². The van der Waals surface area contributed by atoms with E-state index in [1.165, 1.54) is 0 Å². The zero-order valence-corrected chi connectivity index (χ0v) is 13.7. The average Bonchev–Trinajstić information content (AvgIpc) is 2.41. The fraction of sp³-hybridized carbons (Fsp3) is 0.333. The molecule has 0 aliphatic rings. The quantitative estimate of drug-likeness (QED) is 0.812. The van der Waals surface area contributed by atoms with E-state index in [1.54, 1.807) is 6.07 Å². The summed E-state index contributed by atoms with van der Waals surface area (Å²) in [5, 5.41) is 3.87. The highest BCUT2D eigenvalue weighted by atomic mass is 35.5. The first-order valence-electron chi connectivity index (χ1n) is 7.17. The van der Waals surface area contributed by atoms with Crippen molar-refractivity contribution in [2.75, 3.05) is 0 Å². The van der Waals surface area contributed by atoms with Crippen molar-refractivity contribution in [1.82, 2.24) is 5.32 Å². The molecule has 0 heterocycles. The molecule has 0 aromatic heterocycles. The minimum absolute atomic E-state index is 0.233. The van der Waals surface area contributed by atoms with E-state index in [2.05, 4.69) is 19.2 Å². The molecular weight excluding hydrogens is 285 g/mol. The summed E-state index contributed by atoms with van der Waals surface area (Å²) in [6.07, 6.45) is 0. The Kier molecular flexibility index (Phi) is 5.02. The molecular formula is C18H21ClFN. The minimum Gasteiger partial charge on any atom is -0.310 e. The van der Waals surface area contributed by atoms with E-state index < -0.39 is 0 Å². The molecule has 2 aromatic rings. The van der Waals surface area contributed by atoms with E-state index in [0.717, 1.165) is 22.3 Å². The fourth-order valence-electron chi connectivity index (χ4n) is 2.20. The van der Waals surface area contributed by atoms with Gasteiger partial charge in [-0.05, 0) is 48.7 Å². The number of nitrogens with one attached hydrogen (secondary N) is 1.